The normalized spacial score (nSPS) is 14.8. The molecule has 0 saturated carbocycles. The van der Waals surface area contributed by atoms with Crippen molar-refractivity contribution in [3.05, 3.63) is 28.7 Å². The van der Waals surface area contributed by atoms with Gasteiger partial charge in [-0.2, -0.15) is 4.31 Å². The zero-order valence-electron chi connectivity index (χ0n) is 9.91. The molecule has 1 aromatic rings. The Kier molecular flexibility index (Phi) is 4.71. The van der Waals surface area contributed by atoms with E-state index in [1.54, 1.807) is 18.2 Å². The standard InChI is InChI=1S/C10H14BrN3O3S/c1-7(10(12)13-15)14(2)18(16,17)9-6-4-3-5-8(9)11/h3-7,15H,1-2H3,(H2,12,13). The van der Waals surface area contributed by atoms with Gasteiger partial charge < -0.3 is 10.9 Å². The smallest absolute Gasteiger partial charge is 0.244 e. The first-order chi connectivity index (χ1) is 8.32. The Hall–Kier alpha value is -1.12. The topological polar surface area (TPSA) is 96.0 Å². The molecule has 0 saturated heterocycles. The van der Waals surface area contributed by atoms with Crippen LogP contribution in [0.3, 0.4) is 0 Å². The Balaban J connectivity index is 3.20. The van der Waals surface area contributed by atoms with E-state index in [9.17, 15) is 8.42 Å². The van der Waals surface area contributed by atoms with Crippen LogP contribution >= 0.6 is 15.9 Å². The third kappa shape index (κ3) is 2.82. The van der Waals surface area contributed by atoms with E-state index in [0.29, 0.717) is 4.47 Å². The molecule has 8 heteroatoms. The largest absolute Gasteiger partial charge is 0.409 e. The molecule has 0 radical (unpaired) electrons. The number of hydrogen-bond acceptors (Lipinski definition) is 4. The molecule has 1 atom stereocenters. The minimum Gasteiger partial charge on any atom is -0.409 e. The molecule has 0 aromatic heterocycles. The number of halogens is 1. The van der Waals surface area contributed by atoms with Crippen LogP contribution in [-0.2, 0) is 10.0 Å². The van der Waals surface area contributed by atoms with Gasteiger partial charge in [-0.05, 0) is 35.0 Å². The van der Waals surface area contributed by atoms with Crippen molar-refractivity contribution in [3.63, 3.8) is 0 Å². The third-order valence-electron chi connectivity index (χ3n) is 2.58. The highest BCUT2D eigenvalue weighted by Crippen LogP contribution is 2.24. The monoisotopic (exact) mass is 335 g/mol. The average molecular weight is 336 g/mol. The van der Waals surface area contributed by atoms with Crippen molar-refractivity contribution in [2.75, 3.05) is 7.05 Å². The molecular weight excluding hydrogens is 322 g/mol. The van der Waals surface area contributed by atoms with E-state index >= 15 is 0 Å². The number of rotatable bonds is 4. The van der Waals surface area contributed by atoms with E-state index in [2.05, 4.69) is 21.1 Å². The Bertz CT molecular complexity index is 559. The molecule has 1 aromatic carbocycles. The molecule has 0 bridgehead atoms. The Morgan fingerprint density at radius 2 is 2.06 bits per heavy atom. The van der Waals surface area contributed by atoms with Crippen molar-refractivity contribution < 1.29 is 13.6 Å². The lowest BCUT2D eigenvalue weighted by atomic mass is 10.3. The lowest BCUT2D eigenvalue weighted by Gasteiger charge is -2.23. The first kappa shape index (κ1) is 14.9. The fraction of sp³-hybridized carbons (Fsp3) is 0.300. The van der Waals surface area contributed by atoms with E-state index in [1.165, 1.54) is 20.0 Å². The number of nitrogens with two attached hydrogens (primary N) is 1. The molecule has 0 spiro atoms. The molecule has 3 N–H and O–H groups in total. The zero-order valence-corrected chi connectivity index (χ0v) is 12.3. The molecule has 0 aliphatic heterocycles. The number of amidine groups is 1. The number of oxime groups is 1. The van der Waals surface area contributed by atoms with Gasteiger partial charge >= 0.3 is 0 Å². The Labute approximate surface area is 114 Å². The predicted molar refractivity (Wildman–Crippen MR) is 72.0 cm³/mol. The summed E-state index contributed by atoms with van der Waals surface area (Å²) in [7, 11) is -2.34. The van der Waals surface area contributed by atoms with Crippen LogP contribution in [-0.4, -0.2) is 36.9 Å². The summed E-state index contributed by atoms with van der Waals surface area (Å²) >= 11 is 3.19. The van der Waals surface area contributed by atoms with Crippen LogP contribution in [0.25, 0.3) is 0 Å². The van der Waals surface area contributed by atoms with Gasteiger partial charge in [0.1, 0.15) is 0 Å². The average Bonchev–Trinajstić information content (AvgIpc) is 2.36. The molecule has 1 unspecified atom stereocenters. The van der Waals surface area contributed by atoms with Gasteiger partial charge in [-0.3, -0.25) is 0 Å². The lowest BCUT2D eigenvalue weighted by molar-refractivity contribution is 0.311. The molecule has 0 aliphatic rings. The van der Waals surface area contributed by atoms with Crippen molar-refractivity contribution >= 4 is 31.8 Å². The summed E-state index contributed by atoms with van der Waals surface area (Å²) in [5, 5.41) is 11.4. The quantitative estimate of drug-likeness (QED) is 0.374. The summed E-state index contributed by atoms with van der Waals surface area (Å²) in [4.78, 5) is 0.130. The highest BCUT2D eigenvalue weighted by molar-refractivity contribution is 9.10. The number of benzene rings is 1. The molecule has 0 fully saturated rings. The minimum absolute atomic E-state index is 0.130. The SMILES string of the molecule is CC(C(N)=NO)N(C)S(=O)(=O)c1ccccc1Br. The van der Waals surface area contributed by atoms with Crippen LogP contribution in [0, 0.1) is 0 Å². The summed E-state index contributed by atoms with van der Waals surface area (Å²) < 4.78 is 26.1. The predicted octanol–water partition coefficient (Wildman–Crippen LogP) is 1.20. The fourth-order valence-corrected chi connectivity index (χ4v) is 3.59. The number of nitrogens with zero attached hydrogens (tertiary/aromatic N) is 2. The first-order valence-corrected chi connectivity index (χ1v) is 7.25. The van der Waals surface area contributed by atoms with Crippen LogP contribution in [0.15, 0.2) is 38.8 Å². The second kappa shape index (κ2) is 5.68. The van der Waals surface area contributed by atoms with E-state index in [0.717, 1.165) is 4.31 Å². The number of likely N-dealkylation sites (N-methyl/N-ethyl adjacent to an activating group) is 1. The van der Waals surface area contributed by atoms with Crippen LogP contribution < -0.4 is 5.73 Å². The van der Waals surface area contributed by atoms with Gasteiger partial charge in [0.25, 0.3) is 0 Å². The Morgan fingerprint density at radius 1 is 1.50 bits per heavy atom. The summed E-state index contributed by atoms with van der Waals surface area (Å²) in [5.41, 5.74) is 5.41. The highest BCUT2D eigenvalue weighted by Gasteiger charge is 2.29. The molecular formula is C10H14BrN3O3S. The molecule has 1 rings (SSSR count). The highest BCUT2D eigenvalue weighted by atomic mass is 79.9. The number of sulfonamides is 1. The van der Waals surface area contributed by atoms with E-state index < -0.39 is 16.1 Å². The molecule has 0 aliphatic carbocycles. The summed E-state index contributed by atoms with van der Waals surface area (Å²) in [6, 6.07) is 5.71. The van der Waals surface area contributed by atoms with Crippen LogP contribution in [0.4, 0.5) is 0 Å². The number of hydrogen-bond donors (Lipinski definition) is 2. The van der Waals surface area contributed by atoms with Crippen molar-refractivity contribution in [1.29, 1.82) is 0 Å². The third-order valence-corrected chi connectivity index (χ3v) is 5.52. The second-order valence-corrected chi connectivity index (χ2v) is 6.47. The van der Waals surface area contributed by atoms with Gasteiger partial charge in [-0.25, -0.2) is 8.42 Å². The van der Waals surface area contributed by atoms with E-state index in [-0.39, 0.29) is 10.7 Å². The molecule has 18 heavy (non-hydrogen) atoms. The van der Waals surface area contributed by atoms with E-state index in [4.69, 9.17) is 10.9 Å². The van der Waals surface area contributed by atoms with Crippen molar-refractivity contribution in [2.24, 2.45) is 10.9 Å². The maximum absolute atomic E-state index is 12.3. The molecule has 6 nitrogen and oxygen atoms in total. The summed E-state index contributed by atoms with van der Waals surface area (Å²) in [6.07, 6.45) is 0. The molecule has 100 valence electrons. The van der Waals surface area contributed by atoms with Gasteiger partial charge in [0.15, 0.2) is 5.84 Å². The molecule has 0 heterocycles. The van der Waals surface area contributed by atoms with Crippen LogP contribution in [0.5, 0.6) is 0 Å². The van der Waals surface area contributed by atoms with Gasteiger partial charge in [0.05, 0.1) is 10.9 Å². The van der Waals surface area contributed by atoms with E-state index in [1.807, 2.05) is 0 Å². The maximum Gasteiger partial charge on any atom is 0.244 e. The summed E-state index contributed by atoms with van der Waals surface area (Å²) in [6.45, 7) is 1.53. The second-order valence-electron chi connectivity index (χ2n) is 3.65. The molecule has 0 amide bonds. The summed E-state index contributed by atoms with van der Waals surface area (Å²) in [5.74, 6) is -0.173. The van der Waals surface area contributed by atoms with Crippen molar-refractivity contribution in [1.82, 2.24) is 4.31 Å². The van der Waals surface area contributed by atoms with Gasteiger partial charge in [-0.15, -0.1) is 0 Å². The van der Waals surface area contributed by atoms with Gasteiger partial charge in [-0.1, -0.05) is 17.3 Å². The van der Waals surface area contributed by atoms with Gasteiger partial charge in [0, 0.05) is 11.5 Å². The van der Waals surface area contributed by atoms with Gasteiger partial charge in [0.2, 0.25) is 10.0 Å². The van der Waals surface area contributed by atoms with Crippen LogP contribution in [0.1, 0.15) is 6.92 Å². The maximum atomic E-state index is 12.3. The zero-order chi connectivity index (χ0) is 13.9. The fourth-order valence-electron chi connectivity index (χ4n) is 1.29. The van der Waals surface area contributed by atoms with Crippen molar-refractivity contribution in [3.8, 4) is 0 Å². The minimum atomic E-state index is -3.71. The van der Waals surface area contributed by atoms with Crippen molar-refractivity contribution in [2.45, 2.75) is 17.9 Å². The lowest BCUT2D eigenvalue weighted by Crippen LogP contribution is -2.43. The van der Waals surface area contributed by atoms with Crippen LogP contribution in [0.2, 0.25) is 0 Å². The Morgan fingerprint density at radius 3 is 2.56 bits per heavy atom. The first-order valence-electron chi connectivity index (χ1n) is 5.02.